The number of hydrogen-bond acceptors (Lipinski definition) is 7. The van der Waals surface area contributed by atoms with Crippen LogP contribution in [0.25, 0.3) is 11.4 Å². The summed E-state index contributed by atoms with van der Waals surface area (Å²) < 4.78 is 7.67. The van der Waals surface area contributed by atoms with Crippen molar-refractivity contribution >= 4 is 34.7 Å². The number of amides is 1. The number of carbonyl (C=O) groups is 1. The molecule has 0 spiro atoms. The van der Waals surface area contributed by atoms with Gasteiger partial charge < -0.3 is 8.98 Å². The lowest BCUT2D eigenvalue weighted by atomic mass is 10.1. The van der Waals surface area contributed by atoms with Gasteiger partial charge in [0.1, 0.15) is 11.8 Å². The molecule has 0 fully saturated rings. The maximum Gasteiger partial charge on any atom is 0.253 e. The third-order valence-electron chi connectivity index (χ3n) is 5.48. The van der Waals surface area contributed by atoms with E-state index in [9.17, 15) is 4.79 Å². The van der Waals surface area contributed by atoms with Crippen LogP contribution in [0.3, 0.4) is 0 Å². The largest absolute Gasteiger partial charge is 0.467 e. The summed E-state index contributed by atoms with van der Waals surface area (Å²) in [7, 11) is 0. The Balaban J connectivity index is 1.35. The Hall–Kier alpha value is -3.17. The number of carbonyl (C=O) groups excluding carboxylic acids is 1. The number of hydrazone groups is 1. The molecule has 9 heteroatoms. The molecule has 1 unspecified atom stereocenters. The first-order chi connectivity index (χ1) is 16.1. The predicted molar refractivity (Wildman–Crippen MR) is 130 cm³/mol. The maximum absolute atomic E-state index is 13.3. The smallest absolute Gasteiger partial charge is 0.253 e. The van der Waals surface area contributed by atoms with Crippen molar-refractivity contribution in [3.05, 3.63) is 76.4 Å². The van der Waals surface area contributed by atoms with E-state index in [1.807, 2.05) is 46.3 Å². The van der Waals surface area contributed by atoms with Gasteiger partial charge in [-0.3, -0.25) is 4.79 Å². The van der Waals surface area contributed by atoms with E-state index in [0.29, 0.717) is 13.0 Å². The molecule has 0 bridgehead atoms. The van der Waals surface area contributed by atoms with Crippen molar-refractivity contribution in [2.75, 3.05) is 5.75 Å². The highest BCUT2D eigenvalue weighted by molar-refractivity contribution is 7.99. The normalized spacial score (nSPS) is 15.8. The van der Waals surface area contributed by atoms with Crippen molar-refractivity contribution in [3.8, 4) is 11.4 Å². The van der Waals surface area contributed by atoms with Crippen molar-refractivity contribution in [2.45, 2.75) is 38.0 Å². The molecule has 7 nitrogen and oxygen atoms in total. The Bertz CT molecular complexity index is 1280. The topological polar surface area (TPSA) is 76.5 Å². The Morgan fingerprint density at radius 1 is 1.21 bits per heavy atom. The second-order valence-electron chi connectivity index (χ2n) is 7.71. The SMILES string of the molecule is CCn1c(SCC(=O)N2N=C(c3cccs3)CC2c2ccco2)nnc1-c1cccc(C)c1. The molecule has 168 valence electrons. The number of aromatic nitrogens is 3. The van der Waals surface area contributed by atoms with Crippen molar-refractivity contribution < 1.29 is 9.21 Å². The van der Waals surface area contributed by atoms with Crippen LogP contribution in [0.1, 0.15) is 35.6 Å². The van der Waals surface area contributed by atoms with Gasteiger partial charge in [-0.2, -0.15) is 5.10 Å². The number of thiophene rings is 1. The number of furan rings is 1. The van der Waals surface area contributed by atoms with Crippen LogP contribution in [-0.4, -0.2) is 37.1 Å². The molecule has 0 saturated carbocycles. The molecule has 0 radical (unpaired) electrons. The Morgan fingerprint density at radius 3 is 2.85 bits per heavy atom. The zero-order chi connectivity index (χ0) is 22.8. The van der Waals surface area contributed by atoms with Crippen molar-refractivity contribution in [1.82, 2.24) is 19.8 Å². The lowest BCUT2D eigenvalue weighted by molar-refractivity contribution is -0.130. The molecule has 1 aliphatic heterocycles. The average molecular weight is 478 g/mol. The van der Waals surface area contributed by atoms with E-state index in [4.69, 9.17) is 4.42 Å². The Morgan fingerprint density at radius 2 is 2.12 bits per heavy atom. The molecule has 1 aromatic carbocycles. The molecule has 1 atom stereocenters. The van der Waals surface area contributed by atoms with E-state index in [-0.39, 0.29) is 17.7 Å². The lowest BCUT2D eigenvalue weighted by Gasteiger charge is -2.19. The van der Waals surface area contributed by atoms with E-state index in [0.717, 1.165) is 32.9 Å². The van der Waals surface area contributed by atoms with Crippen LogP contribution in [-0.2, 0) is 11.3 Å². The lowest BCUT2D eigenvalue weighted by Crippen LogP contribution is -2.28. The highest BCUT2D eigenvalue weighted by atomic mass is 32.2. The third kappa shape index (κ3) is 4.38. The number of rotatable bonds is 7. The first-order valence-corrected chi connectivity index (χ1v) is 12.6. The summed E-state index contributed by atoms with van der Waals surface area (Å²) >= 11 is 3.01. The van der Waals surface area contributed by atoms with Crippen LogP contribution in [0.2, 0.25) is 0 Å². The Labute approximate surface area is 200 Å². The van der Waals surface area contributed by atoms with Gasteiger partial charge in [-0.25, -0.2) is 5.01 Å². The van der Waals surface area contributed by atoms with Crippen molar-refractivity contribution in [1.29, 1.82) is 0 Å². The molecule has 0 saturated heterocycles. The first kappa shape index (κ1) is 21.7. The summed E-state index contributed by atoms with van der Waals surface area (Å²) in [5.41, 5.74) is 3.09. The molecular weight excluding hydrogens is 454 g/mol. The second kappa shape index (κ2) is 9.36. The van der Waals surface area contributed by atoms with Gasteiger partial charge in [0, 0.05) is 18.5 Å². The fourth-order valence-electron chi connectivity index (χ4n) is 3.91. The minimum absolute atomic E-state index is 0.0873. The van der Waals surface area contributed by atoms with E-state index in [1.54, 1.807) is 22.6 Å². The summed E-state index contributed by atoms with van der Waals surface area (Å²) in [6, 6.07) is 15.7. The van der Waals surface area contributed by atoms with Crippen molar-refractivity contribution in [3.63, 3.8) is 0 Å². The molecule has 33 heavy (non-hydrogen) atoms. The second-order valence-corrected chi connectivity index (χ2v) is 9.60. The minimum Gasteiger partial charge on any atom is -0.467 e. The summed E-state index contributed by atoms with van der Waals surface area (Å²) in [4.78, 5) is 14.3. The maximum atomic E-state index is 13.3. The zero-order valence-corrected chi connectivity index (χ0v) is 20.0. The highest BCUT2D eigenvalue weighted by Gasteiger charge is 2.35. The fraction of sp³-hybridized carbons (Fsp3) is 0.250. The van der Waals surface area contributed by atoms with Gasteiger partial charge in [0.25, 0.3) is 5.91 Å². The zero-order valence-electron chi connectivity index (χ0n) is 18.3. The quantitative estimate of drug-likeness (QED) is 0.333. The predicted octanol–water partition coefficient (Wildman–Crippen LogP) is 5.40. The highest BCUT2D eigenvalue weighted by Crippen LogP contribution is 2.35. The van der Waals surface area contributed by atoms with Crippen LogP contribution in [0.5, 0.6) is 0 Å². The third-order valence-corrected chi connectivity index (χ3v) is 7.35. The number of nitrogens with zero attached hydrogens (tertiary/aromatic N) is 5. The van der Waals surface area contributed by atoms with Gasteiger partial charge in [-0.05, 0) is 43.5 Å². The average Bonchev–Trinajstić information content (AvgIpc) is 3.62. The molecule has 1 amide bonds. The standard InChI is InChI=1S/C24H23N5O2S2/c1-3-28-23(17-8-4-7-16(2)13-17)25-26-24(28)33-15-22(30)29-19(20-9-5-11-31-20)14-18(27-29)21-10-6-12-32-21/h4-13,19H,3,14-15H2,1-2H3. The van der Waals surface area contributed by atoms with Crippen LogP contribution in [0, 0.1) is 6.92 Å². The first-order valence-electron chi connectivity index (χ1n) is 10.7. The molecule has 0 N–H and O–H groups in total. The summed E-state index contributed by atoms with van der Waals surface area (Å²) in [6.07, 6.45) is 2.26. The van der Waals surface area contributed by atoms with Gasteiger partial charge in [-0.15, -0.1) is 21.5 Å². The number of hydrogen-bond donors (Lipinski definition) is 0. The molecule has 4 heterocycles. The Kier molecular flexibility index (Phi) is 6.15. The van der Waals surface area contributed by atoms with E-state index >= 15 is 0 Å². The molecule has 3 aromatic heterocycles. The van der Waals surface area contributed by atoms with E-state index < -0.39 is 0 Å². The molecular formula is C24H23N5O2S2. The summed E-state index contributed by atoms with van der Waals surface area (Å²) in [5.74, 6) is 1.67. The number of benzene rings is 1. The van der Waals surface area contributed by atoms with Gasteiger partial charge in [0.15, 0.2) is 11.0 Å². The van der Waals surface area contributed by atoms with Crippen molar-refractivity contribution in [2.24, 2.45) is 5.10 Å². The van der Waals surface area contributed by atoms with E-state index in [1.165, 1.54) is 17.3 Å². The molecule has 0 aliphatic carbocycles. The van der Waals surface area contributed by atoms with Crippen LogP contribution in [0.4, 0.5) is 0 Å². The van der Waals surface area contributed by atoms with E-state index in [2.05, 4.69) is 41.3 Å². The monoisotopic (exact) mass is 477 g/mol. The van der Waals surface area contributed by atoms with Crippen LogP contribution >= 0.6 is 23.1 Å². The molecule has 1 aliphatic rings. The molecule has 4 aromatic rings. The fourth-order valence-corrected chi connectivity index (χ4v) is 5.48. The minimum atomic E-state index is -0.239. The van der Waals surface area contributed by atoms with Gasteiger partial charge >= 0.3 is 0 Å². The van der Waals surface area contributed by atoms with Gasteiger partial charge in [0.05, 0.1) is 22.6 Å². The van der Waals surface area contributed by atoms with Gasteiger partial charge in [0.2, 0.25) is 0 Å². The van der Waals surface area contributed by atoms with Crippen LogP contribution in [0.15, 0.2) is 74.8 Å². The summed E-state index contributed by atoms with van der Waals surface area (Å²) in [5, 5.41) is 17.8. The number of thioether (sulfide) groups is 1. The van der Waals surface area contributed by atoms with Crippen LogP contribution < -0.4 is 0 Å². The van der Waals surface area contributed by atoms with Gasteiger partial charge in [-0.1, -0.05) is 41.6 Å². The molecule has 5 rings (SSSR count). The number of aryl methyl sites for hydroxylation is 1. The summed E-state index contributed by atoms with van der Waals surface area (Å²) in [6.45, 7) is 4.83.